The van der Waals surface area contributed by atoms with E-state index in [-0.39, 0.29) is 11.5 Å². The van der Waals surface area contributed by atoms with Crippen LogP contribution in [-0.2, 0) is 18.3 Å². The second-order valence-corrected chi connectivity index (χ2v) is 12.8. The third-order valence-electron chi connectivity index (χ3n) is 8.90. The molecule has 6 rings (SSSR count). The highest BCUT2D eigenvalue weighted by atomic mass is 32.1. The summed E-state index contributed by atoms with van der Waals surface area (Å²) in [5, 5.41) is 21.8. The SMILES string of the molecule is CNCCC[C@H](C)[C@H](C)Oc1cc(Nc2ccccn2)nc(-c2onc3c2CCC[C@@]32CCCc3sc(N)c(C#N)c32)n1. The molecule has 11 heteroatoms. The number of aromatic nitrogens is 4. The summed E-state index contributed by atoms with van der Waals surface area (Å²) < 4.78 is 12.5. The Bertz CT molecular complexity index is 1620. The summed E-state index contributed by atoms with van der Waals surface area (Å²) in [5.74, 6) is 2.99. The number of anilines is 3. The van der Waals surface area contributed by atoms with Crippen LogP contribution in [0.3, 0.4) is 0 Å². The number of thiophene rings is 1. The molecule has 2 aliphatic rings. The summed E-state index contributed by atoms with van der Waals surface area (Å²) in [6.07, 6.45) is 9.29. The van der Waals surface area contributed by atoms with Gasteiger partial charge in [0.05, 0.1) is 11.3 Å². The van der Waals surface area contributed by atoms with Crippen LogP contribution >= 0.6 is 11.3 Å². The first-order valence-corrected chi connectivity index (χ1v) is 15.9. The number of fused-ring (bicyclic) bond motifs is 4. The standard InChI is InChI=1S/C32H38N8O2S/c1-19(9-8-15-35-3)20(2)41-26-17-25(37-24-12-4-5-16-36-24)38-31(39-26)28-21-10-6-13-32(29(21)40-42-28)14-7-11-23-27(32)22(18-33)30(34)43-23/h4-5,12,16-17,19-20,35H,6-11,13-15,34H2,1-3H3,(H,36,37,38,39)/t19-,20-,32-/m0/s1. The van der Waals surface area contributed by atoms with Gasteiger partial charge in [-0.05, 0) is 95.5 Å². The normalized spacial score (nSPS) is 18.8. The molecule has 10 nitrogen and oxygen atoms in total. The van der Waals surface area contributed by atoms with Crippen molar-refractivity contribution in [2.75, 3.05) is 24.6 Å². The van der Waals surface area contributed by atoms with E-state index >= 15 is 0 Å². The maximum absolute atomic E-state index is 10.0. The molecule has 0 aliphatic heterocycles. The molecule has 4 heterocycles. The summed E-state index contributed by atoms with van der Waals surface area (Å²) in [6.45, 7) is 5.25. The van der Waals surface area contributed by atoms with Gasteiger partial charge in [0, 0.05) is 28.1 Å². The summed E-state index contributed by atoms with van der Waals surface area (Å²) in [7, 11) is 1.97. The van der Waals surface area contributed by atoms with E-state index < -0.39 is 0 Å². The molecule has 4 N–H and O–H groups in total. The topological polar surface area (TPSA) is 148 Å². The third kappa shape index (κ3) is 5.57. The third-order valence-corrected chi connectivity index (χ3v) is 9.98. The Morgan fingerprint density at radius 1 is 1.19 bits per heavy atom. The molecule has 3 atom stereocenters. The van der Waals surface area contributed by atoms with E-state index in [9.17, 15) is 5.26 Å². The number of rotatable bonds is 10. The Balaban J connectivity index is 1.39. The van der Waals surface area contributed by atoms with Crippen LogP contribution in [0.2, 0.25) is 0 Å². The van der Waals surface area contributed by atoms with E-state index in [0.717, 1.165) is 74.7 Å². The molecule has 0 aromatic carbocycles. The lowest BCUT2D eigenvalue weighted by Gasteiger charge is -2.39. The molecule has 2 aliphatic carbocycles. The monoisotopic (exact) mass is 598 g/mol. The van der Waals surface area contributed by atoms with Crippen LogP contribution in [0, 0.1) is 17.2 Å². The highest BCUT2D eigenvalue weighted by Gasteiger charge is 2.48. The summed E-state index contributed by atoms with van der Waals surface area (Å²) in [6, 6.07) is 9.87. The maximum atomic E-state index is 10.0. The number of nitrogen functional groups attached to an aromatic ring is 1. The van der Waals surface area contributed by atoms with Crippen molar-refractivity contribution >= 4 is 28.0 Å². The summed E-state index contributed by atoms with van der Waals surface area (Å²) in [4.78, 5) is 15.3. The molecule has 0 amide bonds. The van der Waals surface area contributed by atoms with Gasteiger partial charge >= 0.3 is 0 Å². The lowest BCUT2D eigenvalue weighted by atomic mass is 9.62. The van der Waals surface area contributed by atoms with Crippen LogP contribution in [0.15, 0.2) is 35.0 Å². The van der Waals surface area contributed by atoms with Gasteiger partial charge in [0.1, 0.15) is 28.8 Å². The number of ether oxygens (including phenoxy) is 1. The van der Waals surface area contributed by atoms with Crippen molar-refractivity contribution in [3.05, 3.63) is 57.7 Å². The van der Waals surface area contributed by atoms with Gasteiger partial charge in [-0.1, -0.05) is 18.1 Å². The van der Waals surface area contributed by atoms with E-state index in [2.05, 4.69) is 40.7 Å². The molecular weight excluding hydrogens is 560 g/mol. The van der Waals surface area contributed by atoms with Gasteiger partial charge in [-0.25, -0.2) is 9.97 Å². The molecule has 43 heavy (non-hydrogen) atoms. The first kappa shape index (κ1) is 29.1. The van der Waals surface area contributed by atoms with Crippen LogP contribution in [0.4, 0.5) is 16.6 Å². The number of pyridine rings is 1. The number of nitrogens with one attached hydrogen (secondary N) is 2. The molecule has 0 saturated carbocycles. The molecule has 0 bridgehead atoms. The zero-order valence-electron chi connectivity index (χ0n) is 24.9. The molecule has 4 aromatic rings. The highest BCUT2D eigenvalue weighted by molar-refractivity contribution is 7.16. The Labute approximate surface area is 256 Å². The fourth-order valence-corrected chi connectivity index (χ4v) is 7.75. The second-order valence-electron chi connectivity index (χ2n) is 11.7. The minimum Gasteiger partial charge on any atom is -0.474 e. The van der Waals surface area contributed by atoms with Crippen molar-refractivity contribution in [2.24, 2.45) is 5.92 Å². The van der Waals surface area contributed by atoms with Crippen molar-refractivity contribution in [3.8, 4) is 23.5 Å². The first-order chi connectivity index (χ1) is 20.9. The average Bonchev–Trinajstić information content (AvgIpc) is 3.59. The minimum absolute atomic E-state index is 0.0525. The van der Waals surface area contributed by atoms with Gasteiger partial charge in [0.2, 0.25) is 17.5 Å². The van der Waals surface area contributed by atoms with Crippen molar-refractivity contribution in [1.82, 2.24) is 25.4 Å². The zero-order valence-corrected chi connectivity index (χ0v) is 25.8. The number of nitrogens with zero attached hydrogens (tertiary/aromatic N) is 5. The van der Waals surface area contributed by atoms with Crippen LogP contribution in [0.25, 0.3) is 11.6 Å². The van der Waals surface area contributed by atoms with E-state index in [0.29, 0.717) is 45.6 Å². The van der Waals surface area contributed by atoms with Crippen LogP contribution in [0.5, 0.6) is 5.88 Å². The van der Waals surface area contributed by atoms with E-state index in [4.69, 9.17) is 25.0 Å². The number of hydrogen-bond donors (Lipinski definition) is 3. The minimum atomic E-state index is -0.386. The highest BCUT2D eigenvalue weighted by Crippen LogP contribution is 2.54. The second kappa shape index (κ2) is 12.3. The van der Waals surface area contributed by atoms with Crippen molar-refractivity contribution in [1.29, 1.82) is 5.26 Å². The lowest BCUT2D eigenvalue weighted by molar-refractivity contribution is 0.147. The molecule has 224 valence electrons. The Kier molecular flexibility index (Phi) is 8.32. The number of hydrogen-bond acceptors (Lipinski definition) is 11. The zero-order chi connectivity index (χ0) is 30.0. The Morgan fingerprint density at radius 3 is 2.79 bits per heavy atom. The smallest absolute Gasteiger partial charge is 0.219 e. The summed E-state index contributed by atoms with van der Waals surface area (Å²) in [5.41, 5.74) is 9.50. The van der Waals surface area contributed by atoms with Gasteiger partial charge in [0.25, 0.3) is 0 Å². The molecule has 0 fully saturated rings. The van der Waals surface area contributed by atoms with Gasteiger partial charge in [-0.15, -0.1) is 11.3 Å². The molecule has 1 spiro atoms. The van der Waals surface area contributed by atoms with Crippen LogP contribution in [0.1, 0.15) is 79.6 Å². The maximum Gasteiger partial charge on any atom is 0.219 e. The van der Waals surface area contributed by atoms with Gasteiger partial charge in [-0.3, -0.25) is 0 Å². The van der Waals surface area contributed by atoms with Crippen molar-refractivity contribution in [3.63, 3.8) is 0 Å². The Morgan fingerprint density at radius 2 is 2.02 bits per heavy atom. The Hall–Kier alpha value is -4.01. The summed E-state index contributed by atoms with van der Waals surface area (Å²) >= 11 is 1.54. The van der Waals surface area contributed by atoms with Crippen molar-refractivity contribution in [2.45, 2.75) is 76.7 Å². The van der Waals surface area contributed by atoms with E-state index in [1.54, 1.807) is 23.6 Å². The lowest BCUT2D eigenvalue weighted by Crippen LogP contribution is -2.36. The van der Waals surface area contributed by atoms with Crippen molar-refractivity contribution < 1.29 is 9.26 Å². The molecule has 4 aromatic heterocycles. The predicted octanol–water partition coefficient (Wildman–Crippen LogP) is 6.15. The van der Waals surface area contributed by atoms with Crippen LogP contribution in [-0.4, -0.2) is 39.8 Å². The van der Waals surface area contributed by atoms with Crippen LogP contribution < -0.4 is 21.1 Å². The fourth-order valence-electron chi connectivity index (χ4n) is 6.59. The molecular formula is C32H38N8O2S. The van der Waals surface area contributed by atoms with E-state index in [1.807, 2.05) is 25.2 Å². The predicted molar refractivity (Wildman–Crippen MR) is 168 cm³/mol. The van der Waals surface area contributed by atoms with Gasteiger partial charge < -0.3 is 25.6 Å². The average molecular weight is 599 g/mol. The van der Waals surface area contributed by atoms with E-state index in [1.165, 1.54) is 4.88 Å². The molecule has 0 unspecified atom stereocenters. The van der Waals surface area contributed by atoms with Gasteiger partial charge in [-0.2, -0.15) is 10.2 Å². The number of nitrogens with two attached hydrogens (primary N) is 1. The molecule has 0 radical (unpaired) electrons. The number of nitriles is 1. The number of aryl methyl sites for hydroxylation is 1. The first-order valence-electron chi connectivity index (χ1n) is 15.1. The quantitative estimate of drug-likeness (QED) is 0.182. The van der Waals surface area contributed by atoms with Gasteiger partial charge in [0.15, 0.2) is 0 Å². The molecule has 0 saturated heterocycles. The fraction of sp³-hybridized carbons (Fsp3) is 0.469. The largest absolute Gasteiger partial charge is 0.474 e.